The van der Waals surface area contributed by atoms with Gasteiger partial charge in [-0.3, -0.25) is 4.79 Å². The first-order chi connectivity index (χ1) is 13.8. The van der Waals surface area contributed by atoms with Gasteiger partial charge < -0.3 is 10.5 Å². The molecule has 0 fully saturated rings. The number of ether oxygens (including phenoxy) is 1. The normalized spacial score (nSPS) is 11.0. The second-order valence-electron chi connectivity index (χ2n) is 5.85. The van der Waals surface area contributed by atoms with Crippen molar-refractivity contribution in [2.75, 3.05) is 5.73 Å². The lowest BCUT2D eigenvalue weighted by molar-refractivity contribution is 0.0958. The molecule has 0 aliphatic rings. The van der Waals surface area contributed by atoms with Gasteiger partial charge in [-0.15, -0.1) is 0 Å². The zero-order valence-electron chi connectivity index (χ0n) is 15.1. The molecule has 1 amide bonds. The van der Waals surface area contributed by atoms with Crippen molar-refractivity contribution in [3.05, 3.63) is 73.2 Å². The van der Waals surface area contributed by atoms with Crippen molar-refractivity contribution in [1.82, 2.24) is 10.4 Å². The minimum Gasteiger partial charge on any atom is -0.489 e. The first kappa shape index (κ1) is 21.4. The van der Waals surface area contributed by atoms with Gasteiger partial charge in [0.05, 0.1) is 22.0 Å². The van der Waals surface area contributed by atoms with Crippen LogP contribution in [0.15, 0.2) is 41.5 Å². The summed E-state index contributed by atoms with van der Waals surface area (Å²) in [6.45, 7) is 1.90. The second kappa shape index (κ2) is 9.45. The van der Waals surface area contributed by atoms with Crippen molar-refractivity contribution in [3.63, 3.8) is 0 Å². The van der Waals surface area contributed by atoms with Crippen molar-refractivity contribution >= 4 is 63.4 Å². The van der Waals surface area contributed by atoms with Gasteiger partial charge in [-0.1, -0.05) is 46.1 Å². The zero-order valence-corrected chi connectivity index (χ0v) is 18.2. The number of nitrogens with two attached hydrogens (primary N) is 1. The number of hydrogen-bond donors (Lipinski definition) is 2. The Labute approximate surface area is 186 Å². The Morgan fingerprint density at radius 1 is 1.21 bits per heavy atom. The van der Waals surface area contributed by atoms with Gasteiger partial charge in [0.25, 0.3) is 5.91 Å². The van der Waals surface area contributed by atoms with Crippen LogP contribution < -0.4 is 15.9 Å². The smallest absolute Gasteiger partial charge is 0.283 e. The van der Waals surface area contributed by atoms with E-state index in [1.165, 1.54) is 6.21 Å². The lowest BCUT2D eigenvalue weighted by Gasteiger charge is -2.10. The van der Waals surface area contributed by atoms with Crippen molar-refractivity contribution in [2.45, 2.75) is 13.5 Å². The number of amides is 1. The number of aromatic nitrogens is 1. The maximum absolute atomic E-state index is 12.1. The Bertz CT molecular complexity index is 1070. The lowest BCUT2D eigenvalue weighted by atomic mass is 10.2. The van der Waals surface area contributed by atoms with E-state index < -0.39 is 0 Å². The number of nitrogen functional groups attached to an aromatic ring is 1. The van der Waals surface area contributed by atoms with Crippen molar-refractivity contribution < 1.29 is 9.53 Å². The highest BCUT2D eigenvalue weighted by Gasteiger charge is 2.13. The van der Waals surface area contributed by atoms with E-state index in [1.807, 2.05) is 0 Å². The predicted octanol–water partition coefficient (Wildman–Crippen LogP) is 5.34. The van der Waals surface area contributed by atoms with E-state index in [9.17, 15) is 4.79 Å². The van der Waals surface area contributed by atoms with Crippen molar-refractivity contribution in [2.24, 2.45) is 5.10 Å². The number of aryl methyl sites for hydroxylation is 1. The molecule has 0 radical (unpaired) electrons. The Morgan fingerprint density at radius 2 is 1.90 bits per heavy atom. The predicted molar refractivity (Wildman–Crippen MR) is 119 cm³/mol. The molecule has 0 spiro atoms. The van der Waals surface area contributed by atoms with Crippen LogP contribution in [-0.4, -0.2) is 17.1 Å². The fraction of sp³-hybridized carbons (Fsp3) is 0.105. The molecular weight excluding hydrogens is 455 g/mol. The summed E-state index contributed by atoms with van der Waals surface area (Å²) in [4.78, 5) is 16.5. The van der Waals surface area contributed by atoms with E-state index in [0.717, 1.165) is 16.9 Å². The maximum atomic E-state index is 12.1. The van der Waals surface area contributed by atoms with Gasteiger partial charge in [-0.2, -0.15) is 5.10 Å². The molecule has 1 heterocycles. The third-order valence-electron chi connectivity index (χ3n) is 3.80. The topological polar surface area (TPSA) is 89.6 Å². The van der Waals surface area contributed by atoms with Crippen LogP contribution >= 0.6 is 46.1 Å². The summed E-state index contributed by atoms with van der Waals surface area (Å²) in [5.41, 5.74) is 10.0. The molecule has 29 heavy (non-hydrogen) atoms. The summed E-state index contributed by atoms with van der Waals surface area (Å²) in [5, 5.41) is 5.56. The number of benzene rings is 2. The first-order valence-electron chi connectivity index (χ1n) is 8.26. The van der Waals surface area contributed by atoms with Crippen molar-refractivity contribution in [1.29, 1.82) is 0 Å². The molecule has 0 aliphatic heterocycles. The highest BCUT2D eigenvalue weighted by molar-refractivity contribution is 7.17. The van der Waals surface area contributed by atoms with Crippen LogP contribution in [0, 0.1) is 6.92 Å². The van der Waals surface area contributed by atoms with Crippen LogP contribution in [-0.2, 0) is 6.61 Å². The molecule has 1 aromatic heterocycles. The number of hydrogen-bond acceptors (Lipinski definition) is 6. The van der Waals surface area contributed by atoms with E-state index in [0.29, 0.717) is 42.1 Å². The summed E-state index contributed by atoms with van der Waals surface area (Å²) in [7, 11) is 0. The summed E-state index contributed by atoms with van der Waals surface area (Å²) in [5.74, 6) is 0.261. The van der Waals surface area contributed by atoms with E-state index in [-0.39, 0.29) is 12.5 Å². The molecule has 0 saturated heterocycles. The highest BCUT2D eigenvalue weighted by Crippen LogP contribution is 2.32. The summed E-state index contributed by atoms with van der Waals surface area (Å²) in [6.07, 6.45) is 1.52. The number of anilines is 1. The zero-order chi connectivity index (χ0) is 21.0. The average Bonchev–Trinajstić information content (AvgIpc) is 3.04. The number of rotatable bonds is 6. The van der Waals surface area contributed by atoms with Crippen LogP contribution in [0.4, 0.5) is 5.13 Å². The van der Waals surface area contributed by atoms with E-state index in [2.05, 4.69) is 15.5 Å². The van der Waals surface area contributed by atoms with E-state index in [1.54, 1.807) is 43.3 Å². The summed E-state index contributed by atoms with van der Waals surface area (Å²) in [6, 6.07) is 10.4. The third-order valence-corrected chi connectivity index (χ3v) is 5.98. The quantitative estimate of drug-likeness (QED) is 0.290. The number of carbonyl (C=O) groups is 1. The van der Waals surface area contributed by atoms with Crippen LogP contribution in [0.25, 0.3) is 0 Å². The number of nitrogens with zero attached hydrogens (tertiary/aromatic N) is 2. The summed E-state index contributed by atoms with van der Waals surface area (Å²) >= 11 is 19.4. The maximum Gasteiger partial charge on any atom is 0.283 e. The van der Waals surface area contributed by atoms with Gasteiger partial charge in [-0.05, 0) is 48.9 Å². The van der Waals surface area contributed by atoms with E-state index >= 15 is 0 Å². The lowest BCUT2D eigenvalue weighted by Crippen LogP contribution is -2.17. The molecule has 3 rings (SSSR count). The molecule has 0 unspecified atom stereocenters. The SMILES string of the molecule is Cc1nc(N)sc1C(=O)N/N=C/c1ccc(OCc2c(Cl)ccc(Cl)c2Cl)cc1. The largest absolute Gasteiger partial charge is 0.489 e. The number of thiazole rings is 1. The van der Waals surface area contributed by atoms with Gasteiger partial charge in [-0.25, -0.2) is 10.4 Å². The molecule has 0 aliphatic carbocycles. The molecule has 0 saturated carbocycles. The number of halogens is 3. The third kappa shape index (κ3) is 5.39. The van der Waals surface area contributed by atoms with Crippen LogP contribution in [0.5, 0.6) is 5.75 Å². The first-order valence-corrected chi connectivity index (χ1v) is 10.2. The van der Waals surface area contributed by atoms with E-state index in [4.69, 9.17) is 45.3 Å². The molecule has 10 heteroatoms. The molecule has 2 aromatic carbocycles. The Kier molecular flexibility index (Phi) is 6.97. The molecule has 0 atom stereocenters. The van der Waals surface area contributed by atoms with Crippen LogP contribution in [0.1, 0.15) is 26.5 Å². The minimum atomic E-state index is -0.358. The molecule has 0 bridgehead atoms. The molecular formula is C19H15Cl3N4O2S. The monoisotopic (exact) mass is 468 g/mol. The second-order valence-corrected chi connectivity index (χ2v) is 8.07. The summed E-state index contributed by atoms with van der Waals surface area (Å²) < 4.78 is 5.72. The van der Waals surface area contributed by atoms with Gasteiger partial charge in [0.1, 0.15) is 17.2 Å². The molecule has 3 N–H and O–H groups in total. The van der Waals surface area contributed by atoms with Crippen molar-refractivity contribution in [3.8, 4) is 5.75 Å². The fourth-order valence-electron chi connectivity index (χ4n) is 2.35. The average molecular weight is 470 g/mol. The minimum absolute atomic E-state index is 0.180. The highest BCUT2D eigenvalue weighted by atomic mass is 35.5. The Morgan fingerprint density at radius 3 is 2.55 bits per heavy atom. The Balaban J connectivity index is 1.58. The molecule has 6 nitrogen and oxygen atoms in total. The molecule has 3 aromatic rings. The van der Waals surface area contributed by atoms with Gasteiger partial charge in [0, 0.05) is 10.6 Å². The number of nitrogens with one attached hydrogen (secondary N) is 1. The standard InChI is InChI=1S/C19H15Cl3N4O2S/c1-10-17(29-19(23)25-10)18(27)26-24-8-11-2-4-12(5-3-11)28-9-13-14(20)6-7-15(21)16(13)22/h2-8H,9H2,1H3,(H2,23,25)(H,26,27)/b24-8+. The Hall–Kier alpha value is -2.32. The van der Waals surface area contributed by atoms with Gasteiger partial charge in [0.2, 0.25) is 0 Å². The van der Waals surface area contributed by atoms with Gasteiger partial charge >= 0.3 is 0 Å². The van der Waals surface area contributed by atoms with Crippen LogP contribution in [0.3, 0.4) is 0 Å². The number of hydrazone groups is 1. The van der Waals surface area contributed by atoms with Crippen LogP contribution in [0.2, 0.25) is 15.1 Å². The molecule has 150 valence electrons. The number of carbonyl (C=O) groups excluding carboxylic acids is 1. The fourth-order valence-corrected chi connectivity index (χ4v) is 3.73. The van der Waals surface area contributed by atoms with Gasteiger partial charge in [0.15, 0.2) is 5.13 Å².